The lowest BCUT2D eigenvalue weighted by Crippen LogP contribution is -1.94. The highest BCUT2D eigenvalue weighted by atomic mass is 79.9. The molecule has 0 aromatic heterocycles. The van der Waals surface area contributed by atoms with Crippen LogP contribution in [-0.2, 0) is 0 Å². The van der Waals surface area contributed by atoms with Crippen LogP contribution in [0.2, 0.25) is 0 Å². The summed E-state index contributed by atoms with van der Waals surface area (Å²) in [5.41, 5.74) is 1.80. The fourth-order valence-electron chi connectivity index (χ4n) is 1.02. The summed E-state index contributed by atoms with van der Waals surface area (Å²) >= 11 is 3.11. The van der Waals surface area contributed by atoms with Crippen LogP contribution in [0.15, 0.2) is 24.3 Å². The molecule has 0 saturated carbocycles. The molecule has 1 rings (SSSR count). The van der Waals surface area contributed by atoms with Gasteiger partial charge in [-0.3, -0.25) is 0 Å². The van der Waals surface area contributed by atoms with Gasteiger partial charge in [0, 0.05) is 5.33 Å². The normalized spacial score (nSPS) is 13.0. The minimum atomic E-state index is -0.879. The molecule has 0 N–H and O–H groups in total. The Morgan fingerprint density at radius 3 is 2.64 bits per heavy atom. The first-order valence-electron chi connectivity index (χ1n) is 3.51. The molecule has 60 valence electrons. The van der Waals surface area contributed by atoms with Gasteiger partial charge in [0.25, 0.3) is 0 Å². The molecule has 11 heavy (non-hydrogen) atoms. The zero-order valence-electron chi connectivity index (χ0n) is 6.35. The van der Waals surface area contributed by atoms with E-state index >= 15 is 0 Å². The molecule has 0 amide bonds. The number of rotatable bonds is 2. The van der Waals surface area contributed by atoms with E-state index in [4.69, 9.17) is 0 Å². The maximum absolute atomic E-state index is 13.1. The van der Waals surface area contributed by atoms with Crippen molar-refractivity contribution >= 4 is 15.9 Å². The van der Waals surface area contributed by atoms with Crippen LogP contribution in [0.5, 0.6) is 0 Å². The Bertz CT molecular complexity index is 235. The summed E-state index contributed by atoms with van der Waals surface area (Å²) in [6.45, 7) is 1.92. The summed E-state index contributed by atoms with van der Waals surface area (Å²) in [5, 5.41) is 0.373. The van der Waals surface area contributed by atoms with Gasteiger partial charge in [-0.05, 0) is 18.1 Å². The molecule has 1 atom stereocenters. The highest BCUT2D eigenvalue weighted by Gasteiger charge is 2.08. The van der Waals surface area contributed by atoms with E-state index in [0.29, 0.717) is 5.33 Å². The Kier molecular flexibility index (Phi) is 3.06. The molecule has 1 aromatic carbocycles. The van der Waals surface area contributed by atoms with Gasteiger partial charge in [0.2, 0.25) is 0 Å². The molecule has 0 aliphatic carbocycles. The topological polar surface area (TPSA) is 0 Å². The predicted molar refractivity (Wildman–Crippen MR) is 48.8 cm³/mol. The fraction of sp³-hybridized carbons (Fsp3) is 0.333. The van der Waals surface area contributed by atoms with Gasteiger partial charge in [0.05, 0.1) is 0 Å². The van der Waals surface area contributed by atoms with E-state index in [2.05, 4.69) is 15.9 Å². The van der Waals surface area contributed by atoms with Crippen molar-refractivity contribution in [1.82, 2.24) is 0 Å². The van der Waals surface area contributed by atoms with Gasteiger partial charge in [-0.25, -0.2) is 4.39 Å². The molecule has 0 aliphatic rings. The van der Waals surface area contributed by atoms with E-state index in [1.165, 1.54) is 0 Å². The van der Waals surface area contributed by atoms with Crippen molar-refractivity contribution in [3.8, 4) is 0 Å². The van der Waals surface area contributed by atoms with Crippen LogP contribution in [0.1, 0.15) is 17.3 Å². The van der Waals surface area contributed by atoms with Crippen molar-refractivity contribution in [3.05, 3.63) is 35.4 Å². The molecule has 0 fully saturated rings. The number of alkyl halides is 2. The second kappa shape index (κ2) is 3.86. The van der Waals surface area contributed by atoms with Crippen LogP contribution in [0.4, 0.5) is 4.39 Å². The second-order valence-electron chi connectivity index (χ2n) is 2.48. The first-order chi connectivity index (χ1) is 5.25. The minimum Gasteiger partial charge on any atom is -0.241 e. The summed E-state index contributed by atoms with van der Waals surface area (Å²) < 4.78 is 13.1. The largest absolute Gasteiger partial charge is 0.241 e. The quantitative estimate of drug-likeness (QED) is 0.666. The smallest absolute Gasteiger partial charge is 0.135 e. The van der Waals surface area contributed by atoms with Gasteiger partial charge in [0.1, 0.15) is 6.17 Å². The predicted octanol–water partition coefficient (Wildman–Crippen LogP) is 3.40. The monoisotopic (exact) mass is 216 g/mol. The highest BCUT2D eigenvalue weighted by Crippen LogP contribution is 2.22. The highest BCUT2D eigenvalue weighted by molar-refractivity contribution is 9.09. The van der Waals surface area contributed by atoms with Crippen LogP contribution < -0.4 is 0 Å². The van der Waals surface area contributed by atoms with Crippen LogP contribution in [0.25, 0.3) is 0 Å². The van der Waals surface area contributed by atoms with Gasteiger partial charge >= 0.3 is 0 Å². The first kappa shape index (κ1) is 8.72. The third kappa shape index (κ3) is 2.03. The van der Waals surface area contributed by atoms with Gasteiger partial charge in [-0.1, -0.05) is 40.2 Å². The van der Waals surface area contributed by atoms with Crippen LogP contribution in [0.3, 0.4) is 0 Å². The third-order valence-corrected chi connectivity index (χ3v) is 2.23. The average Bonchev–Trinajstić information content (AvgIpc) is 2.04. The van der Waals surface area contributed by atoms with Crippen molar-refractivity contribution in [2.75, 3.05) is 5.33 Å². The Hall–Kier alpha value is -0.370. The Morgan fingerprint density at radius 1 is 1.45 bits per heavy atom. The van der Waals surface area contributed by atoms with Crippen molar-refractivity contribution in [2.24, 2.45) is 0 Å². The minimum absolute atomic E-state index is 0.373. The summed E-state index contributed by atoms with van der Waals surface area (Å²) in [4.78, 5) is 0. The maximum atomic E-state index is 13.1. The molecule has 1 aromatic rings. The SMILES string of the molecule is Cc1ccccc1C(F)CBr. The fourth-order valence-corrected chi connectivity index (χ4v) is 1.37. The summed E-state index contributed by atoms with van der Waals surface area (Å²) in [5.74, 6) is 0. The molecule has 0 nitrogen and oxygen atoms in total. The lowest BCUT2D eigenvalue weighted by Gasteiger charge is -2.06. The van der Waals surface area contributed by atoms with E-state index in [1.54, 1.807) is 0 Å². The third-order valence-electron chi connectivity index (χ3n) is 1.66. The zero-order chi connectivity index (χ0) is 8.27. The molecule has 0 bridgehead atoms. The van der Waals surface area contributed by atoms with Gasteiger partial charge in [-0.2, -0.15) is 0 Å². The molecule has 0 aliphatic heterocycles. The Balaban J connectivity index is 2.93. The standard InChI is InChI=1S/C9H10BrF/c1-7-4-2-3-5-8(7)9(11)6-10/h2-5,9H,6H2,1H3. The number of halogens is 2. The Labute approximate surface area is 74.6 Å². The van der Waals surface area contributed by atoms with E-state index in [9.17, 15) is 4.39 Å². The molecule has 1 unspecified atom stereocenters. The average molecular weight is 217 g/mol. The number of hydrogen-bond acceptors (Lipinski definition) is 0. The molecule has 2 heteroatoms. The number of benzene rings is 1. The molecule has 0 spiro atoms. The van der Waals surface area contributed by atoms with Crippen molar-refractivity contribution in [3.63, 3.8) is 0 Å². The molecular formula is C9H10BrF. The lowest BCUT2D eigenvalue weighted by molar-refractivity contribution is 0.381. The number of hydrogen-bond donors (Lipinski definition) is 0. The van der Waals surface area contributed by atoms with Crippen molar-refractivity contribution < 1.29 is 4.39 Å². The van der Waals surface area contributed by atoms with Crippen LogP contribution in [-0.4, -0.2) is 5.33 Å². The van der Waals surface area contributed by atoms with Crippen LogP contribution >= 0.6 is 15.9 Å². The lowest BCUT2D eigenvalue weighted by atomic mass is 10.1. The first-order valence-corrected chi connectivity index (χ1v) is 4.63. The van der Waals surface area contributed by atoms with E-state index < -0.39 is 6.17 Å². The zero-order valence-corrected chi connectivity index (χ0v) is 7.94. The molecular weight excluding hydrogens is 207 g/mol. The van der Waals surface area contributed by atoms with E-state index in [0.717, 1.165) is 11.1 Å². The van der Waals surface area contributed by atoms with Gasteiger partial charge < -0.3 is 0 Å². The van der Waals surface area contributed by atoms with Crippen LogP contribution in [0, 0.1) is 6.92 Å². The van der Waals surface area contributed by atoms with E-state index in [-0.39, 0.29) is 0 Å². The molecule has 0 saturated heterocycles. The van der Waals surface area contributed by atoms with Crippen molar-refractivity contribution in [1.29, 1.82) is 0 Å². The molecule has 0 radical (unpaired) electrons. The number of aryl methyl sites for hydroxylation is 1. The molecule has 0 heterocycles. The van der Waals surface area contributed by atoms with E-state index in [1.807, 2.05) is 31.2 Å². The van der Waals surface area contributed by atoms with Gasteiger partial charge in [0.15, 0.2) is 0 Å². The summed E-state index contributed by atoms with van der Waals surface area (Å²) in [7, 11) is 0. The van der Waals surface area contributed by atoms with Gasteiger partial charge in [-0.15, -0.1) is 0 Å². The summed E-state index contributed by atoms with van der Waals surface area (Å²) in [6, 6.07) is 7.52. The Morgan fingerprint density at radius 2 is 2.09 bits per heavy atom. The van der Waals surface area contributed by atoms with Crippen molar-refractivity contribution in [2.45, 2.75) is 13.1 Å². The summed E-state index contributed by atoms with van der Waals surface area (Å²) in [6.07, 6.45) is -0.879. The second-order valence-corrected chi connectivity index (χ2v) is 3.13. The maximum Gasteiger partial charge on any atom is 0.135 e.